The van der Waals surface area contributed by atoms with E-state index in [-0.39, 0.29) is 0 Å². The van der Waals surface area contributed by atoms with Crippen molar-refractivity contribution in [3.63, 3.8) is 0 Å². The molecule has 0 aromatic rings. The monoisotopic (exact) mass is 232 g/mol. The quantitative estimate of drug-likeness (QED) is 0.453. The molecule has 2 unspecified atom stereocenters. The van der Waals surface area contributed by atoms with Gasteiger partial charge in [0.05, 0.1) is 0 Å². The van der Waals surface area contributed by atoms with E-state index >= 15 is 0 Å². The summed E-state index contributed by atoms with van der Waals surface area (Å²) in [7, 11) is 0. The first-order chi connectivity index (χ1) is 9.78. The molecule has 0 saturated carbocycles. The second kappa shape index (κ2) is 11.4. The molecule has 0 amide bonds. The molecule has 16 heavy (non-hydrogen) atoms. The molecule has 0 fully saturated rings. The van der Waals surface area contributed by atoms with Crippen molar-refractivity contribution >= 4 is 0 Å². The van der Waals surface area contributed by atoms with Crippen LogP contribution in [0.1, 0.15) is 78.0 Å². The Kier molecular flexibility index (Phi) is 7.11. The molecule has 0 aliphatic rings. The molecule has 0 aliphatic carbocycles. The van der Waals surface area contributed by atoms with Gasteiger partial charge in [-0.2, -0.15) is 0 Å². The van der Waals surface area contributed by atoms with E-state index in [4.69, 9.17) is 10.2 Å². The van der Waals surface area contributed by atoms with Gasteiger partial charge in [0, 0.05) is 18.7 Å². The van der Waals surface area contributed by atoms with Gasteiger partial charge in [-0.25, -0.2) is 0 Å². The van der Waals surface area contributed by atoms with Crippen LogP contribution in [0.3, 0.4) is 0 Å². The first-order valence-electron chi connectivity index (χ1n) is 9.36. The average molecular weight is 232 g/mol. The lowest BCUT2D eigenvalue weighted by Crippen LogP contribution is -2.14. The van der Waals surface area contributed by atoms with Gasteiger partial charge in [-0.3, -0.25) is 0 Å². The zero-order chi connectivity index (χ0) is 15.1. The van der Waals surface area contributed by atoms with E-state index < -0.39 is 0 Å². The lowest BCUT2D eigenvalue weighted by atomic mass is 10.00. The van der Waals surface area contributed by atoms with Gasteiger partial charge in [0.1, 0.15) is 0 Å². The third-order valence-corrected chi connectivity index (χ3v) is 3.00. The van der Waals surface area contributed by atoms with Crippen molar-refractivity contribution < 1.29 is 10.2 Å². The van der Waals surface area contributed by atoms with Crippen molar-refractivity contribution in [1.82, 2.24) is 0 Å². The van der Waals surface area contributed by atoms with Crippen LogP contribution in [0.5, 0.6) is 0 Å². The fourth-order valence-corrected chi connectivity index (χ4v) is 1.75. The Labute approximate surface area is 109 Å². The molecule has 0 saturated heterocycles. The maximum absolute atomic E-state index is 7.35. The molecule has 0 aromatic heterocycles. The van der Waals surface area contributed by atoms with Crippen molar-refractivity contribution in [2.24, 2.45) is 11.8 Å². The summed E-state index contributed by atoms with van der Waals surface area (Å²) in [5.74, 6) is 0.870. The van der Waals surface area contributed by atoms with Gasteiger partial charge in [0.2, 0.25) is 0 Å². The van der Waals surface area contributed by atoms with Crippen LogP contribution in [-0.4, -0.2) is 13.2 Å². The van der Waals surface area contributed by atoms with Crippen molar-refractivity contribution in [2.75, 3.05) is 13.2 Å². The number of hydrogen-bond acceptors (Lipinski definition) is 1. The van der Waals surface area contributed by atoms with Crippen LogP contribution >= 0.6 is 0 Å². The molecule has 0 bridgehead atoms. The van der Waals surface area contributed by atoms with Crippen LogP contribution in [0.15, 0.2) is 0 Å². The summed E-state index contributed by atoms with van der Waals surface area (Å²) in [6, 6.07) is 0. The van der Waals surface area contributed by atoms with E-state index in [0.29, 0.717) is 52.6 Å². The predicted molar refractivity (Wildman–Crippen MR) is 72.8 cm³/mol. The van der Waals surface area contributed by atoms with Crippen LogP contribution in [-0.2, 0) is 4.74 Å². The minimum absolute atomic E-state index is 0.419. The first kappa shape index (κ1) is 9.94. The molecule has 0 spiro atoms. The second-order valence-corrected chi connectivity index (χ2v) is 4.48. The Bertz CT molecular complexity index is 193. The lowest BCUT2D eigenvalue weighted by molar-refractivity contribution is 0.0634. The summed E-state index contributed by atoms with van der Waals surface area (Å²) in [6.45, 7) is 3.25. The number of hydrogen-bond donors (Lipinski definition) is 0. The SMILES string of the molecule is [2H]CCCCC(CC[2H])COCC(CC[2H])CCC[2H]. The van der Waals surface area contributed by atoms with Crippen LogP contribution in [0, 0.1) is 11.8 Å². The third kappa shape index (κ3) is 8.15. The Hall–Kier alpha value is -0.0400. The molecule has 1 heteroatoms. The normalized spacial score (nSPS) is 18.2. The van der Waals surface area contributed by atoms with Gasteiger partial charge in [-0.15, -0.1) is 0 Å². The molecular formula is C15H32O. The second-order valence-electron chi connectivity index (χ2n) is 4.48. The summed E-state index contributed by atoms with van der Waals surface area (Å²) < 4.78 is 34.8. The van der Waals surface area contributed by atoms with Gasteiger partial charge in [-0.05, 0) is 24.7 Å². The van der Waals surface area contributed by atoms with E-state index in [1.807, 2.05) is 0 Å². The van der Waals surface area contributed by atoms with Crippen molar-refractivity contribution in [2.45, 2.75) is 72.5 Å². The van der Waals surface area contributed by atoms with E-state index in [2.05, 4.69) is 0 Å². The molecule has 1 nitrogen and oxygen atoms in total. The van der Waals surface area contributed by atoms with E-state index in [0.717, 1.165) is 44.9 Å². The Balaban J connectivity index is 3.85. The largest absolute Gasteiger partial charge is 0.381 e. The van der Waals surface area contributed by atoms with Gasteiger partial charge in [0.25, 0.3) is 0 Å². The number of ether oxygens (including phenoxy) is 1. The van der Waals surface area contributed by atoms with E-state index in [1.54, 1.807) is 0 Å². The first-order valence-corrected chi connectivity index (χ1v) is 6.53. The van der Waals surface area contributed by atoms with Crippen molar-refractivity contribution in [3.8, 4) is 0 Å². The van der Waals surface area contributed by atoms with Gasteiger partial charge >= 0.3 is 0 Å². The Morgan fingerprint density at radius 3 is 2.19 bits per heavy atom. The highest BCUT2D eigenvalue weighted by Gasteiger charge is 2.09. The predicted octanol–water partition coefficient (Wildman–Crippen LogP) is 5.05. The Morgan fingerprint density at radius 1 is 0.875 bits per heavy atom. The number of unbranched alkanes of at least 4 members (excludes halogenated alkanes) is 1. The molecule has 0 N–H and O–H groups in total. The van der Waals surface area contributed by atoms with Crippen molar-refractivity contribution in [3.05, 3.63) is 0 Å². The number of rotatable bonds is 11. The van der Waals surface area contributed by atoms with Gasteiger partial charge in [-0.1, -0.05) is 59.7 Å². The highest BCUT2D eigenvalue weighted by atomic mass is 16.5. The molecule has 0 aromatic carbocycles. The lowest BCUT2D eigenvalue weighted by Gasteiger charge is -2.18. The van der Waals surface area contributed by atoms with Crippen LogP contribution in [0.2, 0.25) is 0 Å². The molecule has 0 radical (unpaired) electrons. The summed E-state index contributed by atoms with van der Waals surface area (Å²) in [6.07, 6.45) is 6.70. The molecular weight excluding hydrogens is 196 g/mol. The van der Waals surface area contributed by atoms with E-state index in [9.17, 15) is 0 Å². The van der Waals surface area contributed by atoms with E-state index in [1.165, 1.54) is 0 Å². The highest BCUT2D eigenvalue weighted by molar-refractivity contribution is 4.58. The summed E-state index contributed by atoms with van der Waals surface area (Å²) in [4.78, 5) is 0. The Morgan fingerprint density at radius 2 is 1.56 bits per heavy atom. The van der Waals surface area contributed by atoms with Gasteiger partial charge < -0.3 is 4.74 Å². The minimum Gasteiger partial charge on any atom is -0.381 e. The van der Waals surface area contributed by atoms with Crippen LogP contribution in [0.4, 0.5) is 0 Å². The maximum Gasteiger partial charge on any atom is 0.0494 e. The molecule has 0 heterocycles. The molecule has 0 aliphatic heterocycles. The fraction of sp³-hybridized carbons (Fsp3) is 1.00. The van der Waals surface area contributed by atoms with Crippen molar-refractivity contribution in [1.29, 1.82) is 0 Å². The molecule has 2 atom stereocenters. The fourth-order valence-electron chi connectivity index (χ4n) is 1.75. The summed E-state index contributed by atoms with van der Waals surface area (Å²) in [5, 5.41) is 0. The topological polar surface area (TPSA) is 9.23 Å². The zero-order valence-electron chi connectivity index (χ0n) is 14.8. The van der Waals surface area contributed by atoms with Gasteiger partial charge in [0.15, 0.2) is 0 Å². The zero-order valence-corrected chi connectivity index (χ0v) is 10.8. The average Bonchev–Trinajstić information content (AvgIpc) is 2.45. The third-order valence-electron chi connectivity index (χ3n) is 3.00. The van der Waals surface area contributed by atoms with Crippen LogP contribution < -0.4 is 0 Å². The highest BCUT2D eigenvalue weighted by Crippen LogP contribution is 2.15. The van der Waals surface area contributed by atoms with Crippen LogP contribution in [0.25, 0.3) is 0 Å². The minimum atomic E-state index is 0.419. The maximum atomic E-state index is 7.35. The summed E-state index contributed by atoms with van der Waals surface area (Å²) in [5.41, 5.74) is 0. The molecule has 0 rings (SSSR count). The summed E-state index contributed by atoms with van der Waals surface area (Å²) >= 11 is 0. The molecule has 98 valence electrons. The smallest absolute Gasteiger partial charge is 0.0494 e. The standard InChI is InChI=1S/C15H32O/c1-5-9-11-15(8-4)13-16-12-14(7-3)10-6-2/h14-15H,5-13H2,1-4H3/i1D,2D,3D,4D.